The number of allylic oxidation sites excluding steroid dienone is 5. The van der Waals surface area contributed by atoms with Crippen LogP contribution in [0.2, 0.25) is 0 Å². The number of hydrogen-bond acceptors (Lipinski definition) is 5. The van der Waals surface area contributed by atoms with Crippen LogP contribution in [0.4, 0.5) is 0 Å². The molecule has 0 bridgehead atoms. The Morgan fingerprint density at radius 3 is 0.902 bits per heavy atom. The molecular weight excluding hydrogens is 1010 g/mol. The van der Waals surface area contributed by atoms with Crippen molar-refractivity contribution in [1.82, 2.24) is 5.32 Å². The lowest BCUT2D eigenvalue weighted by molar-refractivity contribution is -0.143. The second kappa shape index (κ2) is 71.6. The standard InChI is InChI=1S/C76H145NO5/c1-3-5-7-9-11-13-15-16-17-18-19-33-36-39-42-45-49-52-56-60-64-68-74(79)73(72-78)77-75(80)69-65-61-57-53-50-46-43-40-37-34-31-29-27-25-23-21-20-22-24-26-28-30-32-35-38-41-44-47-51-55-59-63-67-71-82-76(81)70-66-62-58-54-48-14-12-10-8-6-4-2/h10,12,24,26,64,68,73-74,78-79H,3-9,11,13-23,25,27-63,65-67,69-72H2,1-2H3,(H,77,80)/b12-10-,26-24-,68-64+. The van der Waals surface area contributed by atoms with Crippen LogP contribution in [0.15, 0.2) is 36.5 Å². The van der Waals surface area contributed by atoms with Gasteiger partial charge in [0.1, 0.15) is 0 Å². The molecule has 82 heavy (non-hydrogen) atoms. The van der Waals surface area contributed by atoms with E-state index in [-0.39, 0.29) is 18.5 Å². The van der Waals surface area contributed by atoms with E-state index in [1.54, 1.807) is 6.08 Å². The van der Waals surface area contributed by atoms with Gasteiger partial charge in [-0.1, -0.05) is 359 Å². The van der Waals surface area contributed by atoms with Crippen LogP contribution in [0.1, 0.15) is 412 Å². The van der Waals surface area contributed by atoms with Gasteiger partial charge in [0.15, 0.2) is 0 Å². The van der Waals surface area contributed by atoms with Crippen LogP contribution in [0.3, 0.4) is 0 Å². The van der Waals surface area contributed by atoms with E-state index < -0.39 is 12.1 Å². The molecular formula is C76H145NO5. The van der Waals surface area contributed by atoms with Gasteiger partial charge >= 0.3 is 5.97 Å². The Morgan fingerprint density at radius 2 is 0.585 bits per heavy atom. The van der Waals surface area contributed by atoms with Crippen molar-refractivity contribution in [3.63, 3.8) is 0 Å². The van der Waals surface area contributed by atoms with E-state index in [1.165, 1.54) is 340 Å². The second-order valence-corrected chi connectivity index (χ2v) is 25.6. The van der Waals surface area contributed by atoms with Gasteiger partial charge in [0.05, 0.1) is 25.4 Å². The molecule has 0 spiro atoms. The first-order valence-electron chi connectivity index (χ1n) is 37.3. The van der Waals surface area contributed by atoms with Crippen LogP contribution in [-0.2, 0) is 14.3 Å². The Kier molecular flexibility index (Phi) is 69.9. The van der Waals surface area contributed by atoms with Crippen molar-refractivity contribution >= 4 is 11.9 Å². The van der Waals surface area contributed by atoms with Crippen molar-refractivity contribution in [1.29, 1.82) is 0 Å². The Hall–Kier alpha value is -1.92. The molecule has 3 N–H and O–H groups in total. The number of hydrogen-bond donors (Lipinski definition) is 3. The van der Waals surface area contributed by atoms with Crippen molar-refractivity contribution in [3.8, 4) is 0 Å². The summed E-state index contributed by atoms with van der Waals surface area (Å²) in [7, 11) is 0. The first-order valence-corrected chi connectivity index (χ1v) is 37.3. The molecule has 0 saturated carbocycles. The van der Waals surface area contributed by atoms with Crippen LogP contribution in [0.5, 0.6) is 0 Å². The van der Waals surface area contributed by atoms with Gasteiger partial charge in [-0.25, -0.2) is 0 Å². The molecule has 2 atom stereocenters. The number of carbonyl (C=O) groups excluding carboxylic acids is 2. The summed E-state index contributed by atoms with van der Waals surface area (Å²) in [6.07, 6.45) is 92.5. The Balaban J connectivity index is 3.38. The third kappa shape index (κ3) is 67.2. The molecule has 0 radical (unpaired) electrons. The van der Waals surface area contributed by atoms with E-state index in [0.717, 1.165) is 44.9 Å². The van der Waals surface area contributed by atoms with Gasteiger partial charge in [-0.05, 0) is 77.0 Å². The van der Waals surface area contributed by atoms with Crippen LogP contribution < -0.4 is 5.32 Å². The van der Waals surface area contributed by atoms with E-state index >= 15 is 0 Å². The highest BCUT2D eigenvalue weighted by Gasteiger charge is 2.18. The lowest BCUT2D eigenvalue weighted by atomic mass is 10.0. The van der Waals surface area contributed by atoms with E-state index in [1.807, 2.05) is 6.08 Å². The fraction of sp³-hybridized carbons (Fsp3) is 0.895. The van der Waals surface area contributed by atoms with Crippen molar-refractivity contribution in [2.24, 2.45) is 0 Å². The van der Waals surface area contributed by atoms with Crippen molar-refractivity contribution in [2.75, 3.05) is 13.2 Å². The number of unbranched alkanes of at least 4 members (excludes halogenated alkanes) is 55. The molecule has 6 nitrogen and oxygen atoms in total. The summed E-state index contributed by atoms with van der Waals surface area (Å²) < 4.78 is 5.47. The summed E-state index contributed by atoms with van der Waals surface area (Å²) in [4.78, 5) is 24.5. The Labute approximate surface area is 513 Å². The van der Waals surface area contributed by atoms with Crippen molar-refractivity contribution in [3.05, 3.63) is 36.5 Å². The smallest absolute Gasteiger partial charge is 0.305 e. The number of aliphatic hydroxyl groups is 2. The van der Waals surface area contributed by atoms with Crippen molar-refractivity contribution in [2.45, 2.75) is 424 Å². The molecule has 0 aromatic heterocycles. The van der Waals surface area contributed by atoms with Gasteiger partial charge in [0.2, 0.25) is 5.91 Å². The van der Waals surface area contributed by atoms with E-state index in [2.05, 4.69) is 43.5 Å². The number of rotatable bonds is 70. The molecule has 0 aromatic carbocycles. The molecule has 0 aliphatic heterocycles. The maximum atomic E-state index is 12.5. The Bertz CT molecular complexity index is 1330. The molecule has 484 valence electrons. The monoisotopic (exact) mass is 1150 g/mol. The lowest BCUT2D eigenvalue weighted by Crippen LogP contribution is -2.45. The molecule has 0 aromatic rings. The van der Waals surface area contributed by atoms with Gasteiger partial charge in [-0.3, -0.25) is 9.59 Å². The van der Waals surface area contributed by atoms with Gasteiger partial charge in [-0.2, -0.15) is 0 Å². The van der Waals surface area contributed by atoms with Gasteiger partial charge in [0, 0.05) is 12.8 Å². The highest BCUT2D eigenvalue weighted by molar-refractivity contribution is 5.76. The predicted octanol–water partition coefficient (Wildman–Crippen LogP) is 24.3. The molecule has 6 heteroatoms. The fourth-order valence-corrected chi connectivity index (χ4v) is 11.7. The number of carbonyl (C=O) groups is 2. The van der Waals surface area contributed by atoms with E-state index in [4.69, 9.17) is 4.74 Å². The van der Waals surface area contributed by atoms with Gasteiger partial charge in [-0.15, -0.1) is 0 Å². The summed E-state index contributed by atoms with van der Waals surface area (Å²) in [5, 5.41) is 23.3. The van der Waals surface area contributed by atoms with Crippen LogP contribution >= 0.6 is 0 Å². The maximum absolute atomic E-state index is 12.5. The van der Waals surface area contributed by atoms with Gasteiger partial charge in [0.25, 0.3) is 0 Å². The molecule has 0 heterocycles. The summed E-state index contributed by atoms with van der Waals surface area (Å²) in [5.41, 5.74) is 0. The summed E-state index contributed by atoms with van der Waals surface area (Å²) in [6.45, 7) is 4.90. The highest BCUT2D eigenvalue weighted by atomic mass is 16.5. The quantitative estimate of drug-likeness (QED) is 0.0320. The summed E-state index contributed by atoms with van der Waals surface area (Å²) in [6, 6.07) is -0.627. The average molecular weight is 1150 g/mol. The molecule has 0 aliphatic carbocycles. The minimum Gasteiger partial charge on any atom is -0.466 e. The number of ether oxygens (including phenoxy) is 1. The fourth-order valence-electron chi connectivity index (χ4n) is 11.7. The number of nitrogens with one attached hydrogen (secondary N) is 1. The van der Waals surface area contributed by atoms with Crippen molar-refractivity contribution < 1.29 is 24.5 Å². The summed E-state index contributed by atoms with van der Waals surface area (Å²) in [5.74, 6) is -0.0531. The number of esters is 1. The maximum Gasteiger partial charge on any atom is 0.305 e. The van der Waals surface area contributed by atoms with Crippen LogP contribution in [0.25, 0.3) is 0 Å². The van der Waals surface area contributed by atoms with Gasteiger partial charge < -0.3 is 20.3 Å². The number of amides is 1. The first kappa shape index (κ1) is 80.1. The summed E-state index contributed by atoms with van der Waals surface area (Å²) >= 11 is 0. The molecule has 2 unspecified atom stereocenters. The third-order valence-electron chi connectivity index (χ3n) is 17.4. The third-order valence-corrected chi connectivity index (χ3v) is 17.4. The Morgan fingerprint density at radius 1 is 0.329 bits per heavy atom. The SMILES string of the molecule is CCCC/C=C\CCCCCCCC(=O)OCCCCCCCCCCCCCC/C=C\CCCCCCCCCCCCCCCCCCCC(=O)NC(CO)C(O)/C=C/CCCCCCCCCCCCCCCCCCCCC. The number of aliphatic hydroxyl groups excluding tert-OH is 2. The second-order valence-electron chi connectivity index (χ2n) is 25.6. The molecule has 1 amide bonds. The zero-order chi connectivity index (χ0) is 59.2. The van der Waals surface area contributed by atoms with Crippen LogP contribution in [-0.4, -0.2) is 47.4 Å². The largest absolute Gasteiger partial charge is 0.466 e. The lowest BCUT2D eigenvalue weighted by Gasteiger charge is -2.20. The highest BCUT2D eigenvalue weighted by Crippen LogP contribution is 2.19. The minimum atomic E-state index is -0.843. The average Bonchev–Trinajstić information content (AvgIpc) is 3.48. The molecule has 0 saturated heterocycles. The topological polar surface area (TPSA) is 95.9 Å². The van der Waals surface area contributed by atoms with Crippen LogP contribution in [0, 0.1) is 0 Å². The molecule has 0 fully saturated rings. The predicted molar refractivity (Wildman–Crippen MR) is 361 cm³/mol. The van der Waals surface area contributed by atoms with E-state index in [9.17, 15) is 19.8 Å². The molecule has 0 rings (SSSR count). The molecule has 0 aliphatic rings. The zero-order valence-corrected chi connectivity index (χ0v) is 55.5. The van der Waals surface area contributed by atoms with E-state index in [0.29, 0.717) is 19.4 Å². The minimum absolute atomic E-state index is 0.00767. The normalized spacial score (nSPS) is 12.7. The zero-order valence-electron chi connectivity index (χ0n) is 55.5. The first-order chi connectivity index (χ1) is 40.5.